The predicted octanol–water partition coefficient (Wildman–Crippen LogP) is 2.51. The van der Waals surface area contributed by atoms with Crippen LogP contribution in [0.5, 0.6) is 5.75 Å². The topological polar surface area (TPSA) is 94.3 Å². The number of benzene rings is 1. The fourth-order valence-electron chi connectivity index (χ4n) is 1.92. The summed E-state index contributed by atoms with van der Waals surface area (Å²) >= 11 is 0. The van der Waals surface area contributed by atoms with Crippen molar-refractivity contribution < 1.29 is 17.7 Å². The summed E-state index contributed by atoms with van der Waals surface area (Å²) in [6.45, 7) is 9.47. The van der Waals surface area contributed by atoms with Gasteiger partial charge >= 0.3 is 0 Å². The maximum atomic E-state index is 12.3. The van der Waals surface area contributed by atoms with Gasteiger partial charge in [0.1, 0.15) is 5.75 Å². The molecule has 2 rings (SSSR count). The van der Waals surface area contributed by atoms with Gasteiger partial charge in [-0.05, 0) is 18.2 Å². The molecule has 0 aliphatic rings. The maximum absolute atomic E-state index is 12.3. The van der Waals surface area contributed by atoms with Crippen molar-refractivity contribution in [1.29, 1.82) is 0 Å². The average molecular weight is 351 g/mol. The normalized spacial score (nSPS) is 12.2. The molecule has 1 aromatic carbocycles. The van der Waals surface area contributed by atoms with Gasteiger partial charge in [-0.15, -0.1) is 6.58 Å². The molecule has 0 saturated heterocycles. The molecule has 2 aromatic rings. The molecule has 0 aliphatic heterocycles. The molecule has 130 valence electrons. The number of rotatable bonds is 6. The summed E-state index contributed by atoms with van der Waals surface area (Å²) in [5.74, 6) is 1.19. The van der Waals surface area contributed by atoms with E-state index in [4.69, 9.17) is 9.26 Å². The van der Waals surface area contributed by atoms with Crippen LogP contribution in [0.25, 0.3) is 11.4 Å². The van der Waals surface area contributed by atoms with E-state index in [0.717, 1.165) is 0 Å². The lowest BCUT2D eigenvalue weighted by Gasteiger charge is -2.11. The first-order valence-electron chi connectivity index (χ1n) is 7.32. The van der Waals surface area contributed by atoms with E-state index >= 15 is 0 Å². The SMILES string of the molecule is C=CCNS(=O)(=O)c1ccc(OC)c(-c2noc(C(C)(C)C)n2)c1. The summed E-state index contributed by atoms with van der Waals surface area (Å²) in [6, 6.07) is 4.48. The van der Waals surface area contributed by atoms with Crippen LogP contribution in [0.15, 0.2) is 40.3 Å². The smallest absolute Gasteiger partial charge is 0.240 e. The number of aromatic nitrogens is 2. The third-order valence-corrected chi connectivity index (χ3v) is 4.63. The van der Waals surface area contributed by atoms with E-state index in [9.17, 15) is 8.42 Å². The number of hydrogen-bond donors (Lipinski definition) is 1. The minimum Gasteiger partial charge on any atom is -0.496 e. The van der Waals surface area contributed by atoms with Gasteiger partial charge in [0.2, 0.25) is 21.7 Å². The molecule has 1 heterocycles. The molecule has 1 N–H and O–H groups in total. The molecule has 8 heteroatoms. The van der Waals surface area contributed by atoms with Crippen LogP contribution in [0.4, 0.5) is 0 Å². The molecule has 7 nitrogen and oxygen atoms in total. The molecular formula is C16H21N3O4S. The Bertz CT molecular complexity index is 835. The third-order valence-electron chi connectivity index (χ3n) is 3.21. The van der Waals surface area contributed by atoms with Gasteiger partial charge in [0.15, 0.2) is 0 Å². The van der Waals surface area contributed by atoms with Gasteiger partial charge in [-0.3, -0.25) is 0 Å². The summed E-state index contributed by atoms with van der Waals surface area (Å²) in [6.07, 6.45) is 1.47. The largest absolute Gasteiger partial charge is 0.496 e. The number of nitrogens with one attached hydrogen (secondary N) is 1. The fourth-order valence-corrected chi connectivity index (χ4v) is 2.94. The van der Waals surface area contributed by atoms with Gasteiger partial charge < -0.3 is 9.26 Å². The van der Waals surface area contributed by atoms with E-state index in [2.05, 4.69) is 21.4 Å². The number of nitrogens with zero attached hydrogens (tertiary/aromatic N) is 2. The molecule has 0 spiro atoms. The van der Waals surface area contributed by atoms with Crippen LogP contribution in [-0.2, 0) is 15.4 Å². The molecule has 0 atom stereocenters. The molecule has 0 saturated carbocycles. The highest BCUT2D eigenvalue weighted by Gasteiger charge is 2.24. The van der Waals surface area contributed by atoms with Crippen molar-refractivity contribution >= 4 is 10.0 Å². The van der Waals surface area contributed by atoms with Crippen molar-refractivity contribution in [3.63, 3.8) is 0 Å². The summed E-state index contributed by atoms with van der Waals surface area (Å²) in [5.41, 5.74) is 0.131. The minimum absolute atomic E-state index is 0.0854. The number of ether oxygens (including phenoxy) is 1. The van der Waals surface area contributed by atoms with Crippen molar-refractivity contribution in [2.24, 2.45) is 0 Å². The van der Waals surface area contributed by atoms with E-state index < -0.39 is 10.0 Å². The van der Waals surface area contributed by atoms with Crippen LogP contribution in [0.3, 0.4) is 0 Å². The number of hydrogen-bond acceptors (Lipinski definition) is 6. The number of sulfonamides is 1. The van der Waals surface area contributed by atoms with Crippen molar-refractivity contribution in [2.75, 3.05) is 13.7 Å². The van der Waals surface area contributed by atoms with Gasteiger partial charge in [-0.2, -0.15) is 4.98 Å². The monoisotopic (exact) mass is 351 g/mol. The van der Waals surface area contributed by atoms with E-state index in [1.807, 2.05) is 20.8 Å². The van der Waals surface area contributed by atoms with Crippen LogP contribution >= 0.6 is 0 Å². The first kappa shape index (κ1) is 18.2. The second kappa shape index (κ2) is 6.74. The first-order valence-corrected chi connectivity index (χ1v) is 8.80. The molecule has 24 heavy (non-hydrogen) atoms. The quantitative estimate of drug-likeness (QED) is 0.804. The van der Waals surface area contributed by atoms with Gasteiger partial charge in [-0.25, -0.2) is 13.1 Å². The summed E-state index contributed by atoms with van der Waals surface area (Å²) in [7, 11) is -2.17. The Morgan fingerprint density at radius 2 is 2.08 bits per heavy atom. The Hall–Kier alpha value is -2.19. The zero-order valence-corrected chi connectivity index (χ0v) is 15.0. The second-order valence-electron chi connectivity index (χ2n) is 6.18. The summed E-state index contributed by atoms with van der Waals surface area (Å²) < 4.78 is 37.5. The van der Waals surface area contributed by atoms with Crippen molar-refractivity contribution in [1.82, 2.24) is 14.9 Å². The fraction of sp³-hybridized carbons (Fsp3) is 0.375. The summed E-state index contributed by atoms with van der Waals surface area (Å²) in [4.78, 5) is 4.44. The molecule has 0 fully saturated rings. The standard InChI is InChI=1S/C16H21N3O4S/c1-6-9-17-24(20,21)11-7-8-13(22-5)12(10-11)14-18-15(23-19-14)16(2,3)4/h6-8,10,17H,1,9H2,2-5H3. The molecular weight excluding hydrogens is 330 g/mol. The third kappa shape index (κ3) is 3.82. The van der Waals surface area contributed by atoms with Gasteiger partial charge in [0.05, 0.1) is 17.6 Å². The second-order valence-corrected chi connectivity index (χ2v) is 7.94. The molecule has 0 amide bonds. The van der Waals surface area contributed by atoms with Crippen molar-refractivity contribution in [3.05, 3.63) is 36.7 Å². The Balaban J connectivity index is 2.51. The predicted molar refractivity (Wildman–Crippen MR) is 90.4 cm³/mol. The Labute approximate surface area is 141 Å². The van der Waals surface area contributed by atoms with Gasteiger partial charge in [0, 0.05) is 12.0 Å². The van der Waals surface area contributed by atoms with E-state index in [0.29, 0.717) is 17.2 Å². The highest BCUT2D eigenvalue weighted by Crippen LogP contribution is 2.32. The van der Waals surface area contributed by atoms with Crippen LogP contribution < -0.4 is 9.46 Å². The lowest BCUT2D eigenvalue weighted by molar-refractivity contribution is 0.321. The Kier molecular flexibility index (Phi) is 5.10. The average Bonchev–Trinajstić information content (AvgIpc) is 3.02. The molecule has 0 aliphatic carbocycles. The van der Waals surface area contributed by atoms with Crippen LogP contribution in [0.2, 0.25) is 0 Å². The highest BCUT2D eigenvalue weighted by atomic mass is 32.2. The van der Waals surface area contributed by atoms with Crippen LogP contribution in [0.1, 0.15) is 26.7 Å². The Morgan fingerprint density at radius 3 is 2.62 bits per heavy atom. The van der Waals surface area contributed by atoms with Crippen molar-refractivity contribution in [2.45, 2.75) is 31.1 Å². The van der Waals surface area contributed by atoms with Crippen LogP contribution in [0, 0.1) is 0 Å². The van der Waals surface area contributed by atoms with Gasteiger partial charge in [0.25, 0.3) is 0 Å². The molecule has 1 aromatic heterocycles. The van der Waals surface area contributed by atoms with E-state index in [1.165, 1.54) is 25.3 Å². The van der Waals surface area contributed by atoms with E-state index in [-0.39, 0.29) is 22.7 Å². The van der Waals surface area contributed by atoms with Gasteiger partial charge in [-0.1, -0.05) is 32.0 Å². The molecule has 0 bridgehead atoms. The lowest BCUT2D eigenvalue weighted by atomic mass is 9.97. The van der Waals surface area contributed by atoms with Crippen molar-refractivity contribution in [3.8, 4) is 17.1 Å². The zero-order chi connectivity index (χ0) is 18.0. The van der Waals surface area contributed by atoms with Crippen LogP contribution in [-0.4, -0.2) is 32.2 Å². The maximum Gasteiger partial charge on any atom is 0.240 e. The highest BCUT2D eigenvalue weighted by molar-refractivity contribution is 7.89. The zero-order valence-electron chi connectivity index (χ0n) is 14.2. The Morgan fingerprint density at radius 1 is 1.38 bits per heavy atom. The lowest BCUT2D eigenvalue weighted by Crippen LogP contribution is -2.23. The first-order chi connectivity index (χ1) is 11.2. The molecule has 0 unspecified atom stereocenters. The molecule has 0 radical (unpaired) electrons. The van der Waals surface area contributed by atoms with E-state index in [1.54, 1.807) is 6.07 Å². The minimum atomic E-state index is -3.66. The number of methoxy groups -OCH3 is 1. The summed E-state index contributed by atoms with van der Waals surface area (Å²) in [5, 5.41) is 3.95.